The Kier molecular flexibility index (Phi) is 7.90. The highest BCUT2D eigenvalue weighted by Crippen LogP contribution is 2.10. The second-order valence-electron chi connectivity index (χ2n) is 3.48. The smallest absolute Gasteiger partial charge is 0.261 e. The van der Waals surface area contributed by atoms with Gasteiger partial charge in [0.15, 0.2) is 0 Å². The molecule has 0 amide bonds. The van der Waals surface area contributed by atoms with Gasteiger partial charge in [-0.2, -0.15) is 0 Å². The van der Waals surface area contributed by atoms with Gasteiger partial charge in [-0.25, -0.2) is 8.78 Å². The molecule has 0 bridgehead atoms. The van der Waals surface area contributed by atoms with Crippen molar-refractivity contribution in [3.63, 3.8) is 0 Å². The van der Waals surface area contributed by atoms with E-state index in [4.69, 9.17) is 9.47 Å². The molecule has 1 aromatic heterocycles. The van der Waals surface area contributed by atoms with Gasteiger partial charge in [-0.05, 0) is 0 Å². The van der Waals surface area contributed by atoms with Gasteiger partial charge in [0, 0.05) is 26.6 Å². The first-order chi connectivity index (χ1) is 8.72. The van der Waals surface area contributed by atoms with Crippen LogP contribution in [0.25, 0.3) is 0 Å². The number of hydrogen-bond donors (Lipinski definition) is 1. The standard InChI is InChI=1S/C10H17F2N3O2S/c1-16-5-3-13-6-10-15-14-9(18-10)2-4-17-7-8(11)12/h8,13H,2-7H2,1H3. The maximum Gasteiger partial charge on any atom is 0.261 e. The highest BCUT2D eigenvalue weighted by atomic mass is 32.1. The van der Waals surface area contributed by atoms with Crippen molar-refractivity contribution >= 4 is 11.3 Å². The minimum absolute atomic E-state index is 0.246. The van der Waals surface area contributed by atoms with Crippen molar-refractivity contribution < 1.29 is 18.3 Å². The van der Waals surface area contributed by atoms with Crippen molar-refractivity contribution in [3.05, 3.63) is 10.0 Å². The number of halogens is 2. The van der Waals surface area contributed by atoms with Gasteiger partial charge in [0.05, 0.1) is 13.2 Å². The molecule has 1 rings (SSSR count). The SMILES string of the molecule is COCCNCc1nnc(CCOCC(F)F)s1. The summed E-state index contributed by atoms with van der Waals surface area (Å²) in [7, 11) is 1.64. The molecule has 0 saturated heterocycles. The van der Waals surface area contributed by atoms with E-state index < -0.39 is 13.0 Å². The van der Waals surface area contributed by atoms with Crippen molar-refractivity contribution in [3.8, 4) is 0 Å². The molecule has 0 aliphatic heterocycles. The quantitative estimate of drug-likeness (QED) is 0.651. The van der Waals surface area contributed by atoms with Crippen LogP contribution in [0.2, 0.25) is 0 Å². The summed E-state index contributed by atoms with van der Waals surface area (Å²) < 4.78 is 33.3. The Morgan fingerprint density at radius 2 is 2.06 bits per heavy atom. The predicted molar refractivity (Wildman–Crippen MR) is 64.0 cm³/mol. The first-order valence-corrected chi connectivity index (χ1v) is 6.41. The van der Waals surface area contributed by atoms with Crippen molar-refractivity contribution in [1.29, 1.82) is 0 Å². The topological polar surface area (TPSA) is 56.3 Å². The number of rotatable bonds is 10. The summed E-state index contributed by atoms with van der Waals surface area (Å²) in [6, 6.07) is 0. The van der Waals surface area contributed by atoms with Crippen molar-refractivity contribution in [2.24, 2.45) is 0 Å². The Balaban J connectivity index is 2.13. The minimum atomic E-state index is -2.42. The number of methoxy groups -OCH3 is 1. The Morgan fingerprint density at radius 1 is 1.28 bits per heavy atom. The van der Waals surface area contributed by atoms with E-state index >= 15 is 0 Å². The summed E-state index contributed by atoms with van der Waals surface area (Å²) in [4.78, 5) is 0. The fraction of sp³-hybridized carbons (Fsp3) is 0.800. The van der Waals surface area contributed by atoms with Crippen molar-refractivity contribution in [1.82, 2.24) is 15.5 Å². The summed E-state index contributed by atoms with van der Waals surface area (Å²) in [5.41, 5.74) is 0. The Morgan fingerprint density at radius 3 is 2.78 bits per heavy atom. The fourth-order valence-electron chi connectivity index (χ4n) is 1.16. The molecule has 0 saturated carbocycles. The van der Waals surface area contributed by atoms with Crippen LogP contribution in [0.4, 0.5) is 8.78 Å². The number of aromatic nitrogens is 2. The average Bonchev–Trinajstić information content (AvgIpc) is 2.78. The van der Waals surface area contributed by atoms with Gasteiger partial charge in [-0.1, -0.05) is 0 Å². The summed E-state index contributed by atoms with van der Waals surface area (Å²) in [5, 5.41) is 12.8. The molecule has 1 N–H and O–H groups in total. The van der Waals surface area contributed by atoms with Crippen LogP contribution in [0.1, 0.15) is 10.0 Å². The molecule has 0 aromatic carbocycles. The monoisotopic (exact) mass is 281 g/mol. The molecule has 104 valence electrons. The van der Waals surface area contributed by atoms with Crippen LogP contribution in [-0.2, 0) is 22.4 Å². The Hall–Kier alpha value is -0.700. The van der Waals surface area contributed by atoms with Crippen LogP contribution in [-0.4, -0.2) is 50.1 Å². The van der Waals surface area contributed by atoms with Crippen LogP contribution in [0.3, 0.4) is 0 Å². The largest absolute Gasteiger partial charge is 0.383 e. The minimum Gasteiger partial charge on any atom is -0.383 e. The third kappa shape index (κ3) is 6.90. The van der Waals surface area contributed by atoms with Gasteiger partial charge in [-0.15, -0.1) is 21.5 Å². The second kappa shape index (κ2) is 9.26. The van der Waals surface area contributed by atoms with E-state index in [0.717, 1.165) is 16.6 Å². The number of nitrogens with one attached hydrogen (secondary N) is 1. The molecular weight excluding hydrogens is 264 g/mol. The molecule has 0 aliphatic rings. The van der Waals surface area contributed by atoms with E-state index in [1.807, 2.05) is 0 Å². The summed E-state index contributed by atoms with van der Waals surface area (Å²) >= 11 is 1.46. The first kappa shape index (κ1) is 15.4. The molecule has 0 unspecified atom stereocenters. The van der Waals surface area contributed by atoms with Crippen LogP contribution < -0.4 is 5.32 Å². The number of nitrogens with zero attached hydrogens (tertiary/aromatic N) is 2. The van der Waals surface area contributed by atoms with Gasteiger partial charge in [-0.3, -0.25) is 0 Å². The molecular formula is C10H17F2N3O2S. The summed E-state index contributed by atoms with van der Waals surface area (Å²) in [6.45, 7) is 1.76. The summed E-state index contributed by atoms with van der Waals surface area (Å²) in [6.07, 6.45) is -1.90. The first-order valence-electron chi connectivity index (χ1n) is 5.59. The van der Waals surface area contributed by atoms with E-state index in [9.17, 15) is 8.78 Å². The van der Waals surface area contributed by atoms with Crippen LogP contribution in [0.15, 0.2) is 0 Å². The highest BCUT2D eigenvalue weighted by molar-refractivity contribution is 7.11. The van der Waals surface area contributed by atoms with Gasteiger partial charge >= 0.3 is 0 Å². The maximum absolute atomic E-state index is 11.8. The molecule has 8 heteroatoms. The second-order valence-corrected chi connectivity index (χ2v) is 4.62. The lowest BCUT2D eigenvalue weighted by Gasteiger charge is -2.00. The molecule has 5 nitrogen and oxygen atoms in total. The lowest BCUT2D eigenvalue weighted by Crippen LogP contribution is -2.18. The van der Waals surface area contributed by atoms with Crippen molar-refractivity contribution in [2.45, 2.75) is 19.4 Å². The maximum atomic E-state index is 11.8. The van der Waals surface area contributed by atoms with Crippen molar-refractivity contribution in [2.75, 3.05) is 33.5 Å². The van der Waals surface area contributed by atoms with E-state index in [1.54, 1.807) is 7.11 Å². The molecule has 0 fully saturated rings. The van der Waals surface area contributed by atoms with Gasteiger partial charge in [0.1, 0.15) is 16.6 Å². The van der Waals surface area contributed by atoms with E-state index in [2.05, 4.69) is 15.5 Å². The Labute approximate surface area is 109 Å². The third-order valence-corrected chi connectivity index (χ3v) is 2.95. The average molecular weight is 281 g/mol. The normalized spacial score (nSPS) is 11.3. The van der Waals surface area contributed by atoms with Gasteiger partial charge < -0.3 is 14.8 Å². The van der Waals surface area contributed by atoms with E-state index in [0.29, 0.717) is 19.6 Å². The van der Waals surface area contributed by atoms with Crippen LogP contribution in [0.5, 0.6) is 0 Å². The fourth-order valence-corrected chi connectivity index (χ4v) is 1.96. The molecule has 1 heterocycles. The van der Waals surface area contributed by atoms with E-state index in [1.165, 1.54) is 11.3 Å². The Bertz CT molecular complexity index is 326. The van der Waals surface area contributed by atoms with Crippen LogP contribution >= 0.6 is 11.3 Å². The molecule has 0 atom stereocenters. The lowest BCUT2D eigenvalue weighted by atomic mass is 10.5. The number of hydrogen-bond acceptors (Lipinski definition) is 6. The molecule has 0 spiro atoms. The van der Waals surface area contributed by atoms with Gasteiger partial charge in [0.2, 0.25) is 0 Å². The highest BCUT2D eigenvalue weighted by Gasteiger charge is 2.05. The zero-order valence-corrected chi connectivity index (χ0v) is 11.0. The zero-order valence-electron chi connectivity index (χ0n) is 10.2. The number of ether oxygens (including phenoxy) is 2. The zero-order chi connectivity index (χ0) is 13.2. The molecule has 18 heavy (non-hydrogen) atoms. The number of alkyl halides is 2. The predicted octanol–water partition coefficient (Wildman–Crippen LogP) is 1.10. The summed E-state index contributed by atoms with van der Waals surface area (Å²) in [5.74, 6) is 0. The lowest BCUT2D eigenvalue weighted by molar-refractivity contribution is 0.0186. The van der Waals surface area contributed by atoms with Gasteiger partial charge in [0.25, 0.3) is 6.43 Å². The third-order valence-electron chi connectivity index (χ3n) is 1.97. The van der Waals surface area contributed by atoms with E-state index in [-0.39, 0.29) is 6.61 Å². The molecule has 1 aromatic rings. The van der Waals surface area contributed by atoms with Crippen LogP contribution in [0, 0.1) is 0 Å². The molecule has 0 aliphatic carbocycles. The molecule has 0 radical (unpaired) electrons.